The Labute approximate surface area is 97.8 Å². The second kappa shape index (κ2) is 3.63. The van der Waals surface area contributed by atoms with Gasteiger partial charge in [0.25, 0.3) is 0 Å². The minimum Gasteiger partial charge on any atom is -0.456 e. The van der Waals surface area contributed by atoms with E-state index in [2.05, 4.69) is 0 Å². The van der Waals surface area contributed by atoms with Gasteiger partial charge in [-0.15, -0.1) is 0 Å². The Bertz CT molecular complexity index is 712. The number of benzene rings is 2. The van der Waals surface area contributed by atoms with Crippen LogP contribution in [0.2, 0.25) is 0 Å². The van der Waals surface area contributed by atoms with Crippen molar-refractivity contribution in [2.75, 3.05) is 0 Å². The van der Waals surface area contributed by atoms with E-state index in [1.807, 2.05) is 42.5 Å². The maximum atomic E-state index is 10.9. The monoisotopic (exact) mass is 225 g/mol. The van der Waals surface area contributed by atoms with Gasteiger partial charge in [-0.25, -0.2) is 0 Å². The van der Waals surface area contributed by atoms with Crippen LogP contribution in [0.25, 0.3) is 21.9 Å². The predicted octanol–water partition coefficient (Wildman–Crippen LogP) is 2.61. The maximum Gasteiger partial charge on any atom is 0.221 e. The van der Waals surface area contributed by atoms with Crippen molar-refractivity contribution in [1.29, 1.82) is 0 Å². The smallest absolute Gasteiger partial charge is 0.221 e. The zero-order chi connectivity index (χ0) is 11.8. The van der Waals surface area contributed by atoms with Crippen molar-refractivity contribution in [3.8, 4) is 0 Å². The molecular weight excluding hydrogens is 214 g/mol. The standard InChI is InChI=1S/C14H11NO2/c15-14(16)8-9-5-6-11-10-3-1-2-4-12(10)17-13(11)7-9/h1-7H,8H2,(H2,15,16). The number of fused-ring (bicyclic) bond motifs is 3. The molecular formula is C14H11NO2. The number of nitrogens with two attached hydrogens (primary N) is 1. The summed E-state index contributed by atoms with van der Waals surface area (Å²) in [6.07, 6.45) is 0.243. The van der Waals surface area contributed by atoms with Crippen LogP contribution in [-0.4, -0.2) is 5.91 Å². The Morgan fingerprint density at radius 1 is 1.06 bits per heavy atom. The molecule has 0 atom stereocenters. The van der Waals surface area contributed by atoms with Gasteiger partial charge in [-0.1, -0.05) is 30.3 Å². The van der Waals surface area contributed by atoms with Crippen LogP contribution in [0.4, 0.5) is 0 Å². The van der Waals surface area contributed by atoms with Gasteiger partial charge in [0.05, 0.1) is 6.42 Å². The predicted molar refractivity (Wildman–Crippen MR) is 66.6 cm³/mol. The van der Waals surface area contributed by atoms with Crippen LogP contribution in [0, 0.1) is 0 Å². The third-order valence-electron chi connectivity index (χ3n) is 2.82. The number of hydrogen-bond donors (Lipinski definition) is 1. The summed E-state index contributed by atoms with van der Waals surface area (Å²) >= 11 is 0. The number of primary amides is 1. The van der Waals surface area contributed by atoms with Crippen LogP contribution in [0.15, 0.2) is 46.9 Å². The van der Waals surface area contributed by atoms with Gasteiger partial charge >= 0.3 is 0 Å². The van der Waals surface area contributed by atoms with Crippen LogP contribution < -0.4 is 5.73 Å². The molecule has 3 aromatic rings. The van der Waals surface area contributed by atoms with E-state index >= 15 is 0 Å². The summed E-state index contributed by atoms with van der Waals surface area (Å²) in [5, 5.41) is 2.15. The molecule has 0 fully saturated rings. The number of amides is 1. The van der Waals surface area contributed by atoms with Gasteiger partial charge in [0.15, 0.2) is 0 Å². The highest BCUT2D eigenvalue weighted by Crippen LogP contribution is 2.28. The molecule has 1 heterocycles. The molecule has 0 radical (unpaired) electrons. The van der Waals surface area contributed by atoms with E-state index in [1.54, 1.807) is 0 Å². The molecule has 0 aliphatic carbocycles. The fourth-order valence-corrected chi connectivity index (χ4v) is 2.08. The van der Waals surface area contributed by atoms with Crippen LogP contribution in [0.5, 0.6) is 0 Å². The van der Waals surface area contributed by atoms with Gasteiger partial charge in [0, 0.05) is 10.8 Å². The van der Waals surface area contributed by atoms with Crippen LogP contribution >= 0.6 is 0 Å². The molecule has 0 aliphatic rings. The third-order valence-corrected chi connectivity index (χ3v) is 2.82. The Kier molecular flexibility index (Phi) is 2.11. The van der Waals surface area contributed by atoms with Gasteiger partial charge < -0.3 is 10.2 Å². The topological polar surface area (TPSA) is 56.2 Å². The number of carbonyl (C=O) groups excluding carboxylic acids is 1. The summed E-state index contributed by atoms with van der Waals surface area (Å²) < 4.78 is 5.72. The molecule has 0 aliphatic heterocycles. The SMILES string of the molecule is NC(=O)Cc1ccc2c(c1)oc1ccccc12. The van der Waals surface area contributed by atoms with Crippen molar-refractivity contribution in [2.45, 2.75) is 6.42 Å². The minimum atomic E-state index is -0.333. The molecule has 3 heteroatoms. The molecule has 0 saturated carbocycles. The first-order valence-corrected chi connectivity index (χ1v) is 5.42. The zero-order valence-corrected chi connectivity index (χ0v) is 9.14. The lowest BCUT2D eigenvalue weighted by atomic mass is 10.1. The van der Waals surface area contributed by atoms with Gasteiger partial charge in [-0.2, -0.15) is 0 Å². The molecule has 2 aromatic carbocycles. The van der Waals surface area contributed by atoms with E-state index in [-0.39, 0.29) is 12.3 Å². The lowest BCUT2D eigenvalue weighted by Crippen LogP contribution is -2.13. The zero-order valence-electron chi connectivity index (χ0n) is 9.14. The van der Waals surface area contributed by atoms with E-state index in [9.17, 15) is 4.79 Å². The lowest BCUT2D eigenvalue weighted by molar-refractivity contribution is -0.117. The highest BCUT2D eigenvalue weighted by molar-refractivity contribution is 6.05. The average molecular weight is 225 g/mol. The molecule has 0 spiro atoms. The Hall–Kier alpha value is -2.29. The Morgan fingerprint density at radius 3 is 2.65 bits per heavy atom. The van der Waals surface area contributed by atoms with E-state index in [4.69, 9.17) is 10.2 Å². The largest absolute Gasteiger partial charge is 0.456 e. The van der Waals surface area contributed by atoms with Crippen LogP contribution in [0.1, 0.15) is 5.56 Å². The van der Waals surface area contributed by atoms with Crippen molar-refractivity contribution >= 4 is 27.8 Å². The maximum absolute atomic E-state index is 10.9. The average Bonchev–Trinajstić information content (AvgIpc) is 2.65. The van der Waals surface area contributed by atoms with E-state index in [1.165, 1.54) is 0 Å². The number of furan rings is 1. The summed E-state index contributed by atoms with van der Waals surface area (Å²) in [5.41, 5.74) is 7.71. The number of carbonyl (C=O) groups is 1. The molecule has 0 saturated heterocycles. The summed E-state index contributed by atoms with van der Waals surface area (Å²) in [6, 6.07) is 13.6. The van der Waals surface area contributed by atoms with Crippen molar-refractivity contribution in [2.24, 2.45) is 5.73 Å². The number of rotatable bonds is 2. The van der Waals surface area contributed by atoms with Crippen molar-refractivity contribution in [3.63, 3.8) is 0 Å². The highest BCUT2D eigenvalue weighted by atomic mass is 16.3. The summed E-state index contributed by atoms with van der Waals surface area (Å²) in [6.45, 7) is 0. The summed E-state index contributed by atoms with van der Waals surface area (Å²) in [5.74, 6) is -0.333. The quantitative estimate of drug-likeness (QED) is 0.728. The summed E-state index contributed by atoms with van der Waals surface area (Å²) in [7, 11) is 0. The Morgan fingerprint density at radius 2 is 1.82 bits per heavy atom. The third kappa shape index (κ3) is 1.65. The second-order valence-electron chi connectivity index (χ2n) is 4.07. The molecule has 3 nitrogen and oxygen atoms in total. The summed E-state index contributed by atoms with van der Waals surface area (Å²) in [4.78, 5) is 10.9. The first-order valence-electron chi connectivity index (χ1n) is 5.42. The first-order chi connectivity index (χ1) is 8.24. The van der Waals surface area contributed by atoms with E-state index in [0.29, 0.717) is 0 Å². The second-order valence-corrected chi connectivity index (χ2v) is 4.07. The van der Waals surface area contributed by atoms with Crippen molar-refractivity contribution in [1.82, 2.24) is 0 Å². The fraction of sp³-hybridized carbons (Fsp3) is 0.0714. The van der Waals surface area contributed by atoms with Crippen molar-refractivity contribution in [3.05, 3.63) is 48.0 Å². The molecule has 0 unspecified atom stereocenters. The normalized spacial score (nSPS) is 11.1. The number of hydrogen-bond acceptors (Lipinski definition) is 2. The molecule has 1 amide bonds. The molecule has 84 valence electrons. The number of para-hydroxylation sites is 1. The molecule has 0 bridgehead atoms. The van der Waals surface area contributed by atoms with Gasteiger partial charge in [0.2, 0.25) is 5.91 Å². The van der Waals surface area contributed by atoms with Gasteiger partial charge in [-0.3, -0.25) is 4.79 Å². The minimum absolute atomic E-state index is 0.243. The molecule has 3 rings (SSSR count). The van der Waals surface area contributed by atoms with Crippen molar-refractivity contribution < 1.29 is 9.21 Å². The molecule has 1 aromatic heterocycles. The van der Waals surface area contributed by atoms with E-state index in [0.717, 1.165) is 27.5 Å². The van der Waals surface area contributed by atoms with Crippen LogP contribution in [0.3, 0.4) is 0 Å². The first kappa shape index (κ1) is 9.90. The Balaban J connectivity index is 2.23. The van der Waals surface area contributed by atoms with Gasteiger partial charge in [-0.05, 0) is 17.7 Å². The molecule has 17 heavy (non-hydrogen) atoms. The van der Waals surface area contributed by atoms with Gasteiger partial charge in [0.1, 0.15) is 11.2 Å². The molecule has 2 N–H and O–H groups in total. The highest BCUT2D eigenvalue weighted by Gasteiger charge is 2.07. The van der Waals surface area contributed by atoms with Crippen LogP contribution in [-0.2, 0) is 11.2 Å². The fourth-order valence-electron chi connectivity index (χ4n) is 2.08. The van der Waals surface area contributed by atoms with E-state index < -0.39 is 0 Å². The lowest BCUT2D eigenvalue weighted by Gasteiger charge is -1.96.